The Hall–Kier alpha value is -1.75. The highest BCUT2D eigenvalue weighted by atomic mass is 16.5. The third-order valence-electron chi connectivity index (χ3n) is 3.54. The quantitative estimate of drug-likeness (QED) is 0.819. The van der Waals surface area contributed by atoms with E-state index in [4.69, 9.17) is 9.47 Å². The Balaban J connectivity index is 1.82. The van der Waals surface area contributed by atoms with E-state index in [1.54, 1.807) is 14.2 Å². The van der Waals surface area contributed by atoms with Crippen molar-refractivity contribution < 1.29 is 14.3 Å². The predicted octanol–water partition coefficient (Wildman–Crippen LogP) is 1.41. The van der Waals surface area contributed by atoms with Gasteiger partial charge in [-0.05, 0) is 30.5 Å². The van der Waals surface area contributed by atoms with Gasteiger partial charge in [-0.15, -0.1) is 0 Å². The first kappa shape index (κ1) is 14.7. The lowest BCUT2D eigenvalue weighted by Gasteiger charge is -2.16. The summed E-state index contributed by atoms with van der Waals surface area (Å²) in [6, 6.07) is 6.21. The Bertz CT molecular complexity index is 472. The summed E-state index contributed by atoms with van der Waals surface area (Å²) in [5, 5.41) is 3.17. The molecule has 1 amide bonds. The maximum Gasteiger partial charge on any atom is 0.236 e. The van der Waals surface area contributed by atoms with Gasteiger partial charge >= 0.3 is 0 Å². The fourth-order valence-corrected chi connectivity index (χ4v) is 2.09. The van der Waals surface area contributed by atoms with Crippen LogP contribution < -0.4 is 14.8 Å². The molecule has 1 aromatic carbocycles. The number of hydrogen-bond donors (Lipinski definition) is 1. The van der Waals surface area contributed by atoms with E-state index in [0.29, 0.717) is 30.6 Å². The number of likely N-dealkylation sites (N-methyl/N-ethyl adjacent to an activating group) is 1. The predicted molar refractivity (Wildman–Crippen MR) is 77.0 cm³/mol. The van der Waals surface area contributed by atoms with Crippen LogP contribution in [0.3, 0.4) is 0 Å². The maximum absolute atomic E-state index is 11.9. The number of amides is 1. The molecular weight excluding hydrogens is 256 g/mol. The Morgan fingerprint density at radius 3 is 2.60 bits per heavy atom. The lowest BCUT2D eigenvalue weighted by Crippen LogP contribution is -2.36. The van der Waals surface area contributed by atoms with Gasteiger partial charge in [-0.25, -0.2) is 0 Å². The van der Waals surface area contributed by atoms with E-state index < -0.39 is 0 Å². The highest BCUT2D eigenvalue weighted by molar-refractivity contribution is 5.78. The van der Waals surface area contributed by atoms with E-state index >= 15 is 0 Å². The van der Waals surface area contributed by atoms with Crippen molar-refractivity contribution in [2.75, 3.05) is 27.8 Å². The molecule has 1 saturated carbocycles. The lowest BCUT2D eigenvalue weighted by molar-refractivity contribution is -0.129. The van der Waals surface area contributed by atoms with E-state index in [2.05, 4.69) is 5.32 Å². The standard InChI is InChI=1S/C15H22N2O3/c1-17(12-5-6-12)15(18)10-16-9-11-4-7-13(19-2)14(8-11)20-3/h4,7-8,12,16H,5-6,9-10H2,1-3H3. The Morgan fingerprint density at radius 1 is 1.30 bits per heavy atom. The molecule has 0 unspecified atom stereocenters. The summed E-state index contributed by atoms with van der Waals surface area (Å²) in [6.45, 7) is 0.992. The molecule has 0 atom stereocenters. The van der Waals surface area contributed by atoms with Crippen LogP contribution in [0, 0.1) is 0 Å². The molecule has 20 heavy (non-hydrogen) atoms. The van der Waals surface area contributed by atoms with Crippen molar-refractivity contribution in [1.29, 1.82) is 0 Å². The van der Waals surface area contributed by atoms with E-state index in [-0.39, 0.29) is 5.91 Å². The molecule has 0 bridgehead atoms. The summed E-state index contributed by atoms with van der Waals surface area (Å²) in [6.07, 6.45) is 2.27. The summed E-state index contributed by atoms with van der Waals surface area (Å²) in [7, 11) is 5.10. The van der Waals surface area contributed by atoms with Gasteiger partial charge in [0.25, 0.3) is 0 Å². The molecule has 0 aliphatic heterocycles. The molecule has 0 saturated heterocycles. The first-order valence-corrected chi connectivity index (χ1v) is 6.83. The van der Waals surface area contributed by atoms with E-state index in [0.717, 1.165) is 18.4 Å². The number of ether oxygens (including phenoxy) is 2. The van der Waals surface area contributed by atoms with Gasteiger partial charge in [0.15, 0.2) is 11.5 Å². The van der Waals surface area contributed by atoms with E-state index in [1.807, 2.05) is 30.1 Å². The second-order valence-electron chi connectivity index (χ2n) is 5.03. The van der Waals surface area contributed by atoms with Crippen molar-refractivity contribution in [2.45, 2.75) is 25.4 Å². The second-order valence-corrected chi connectivity index (χ2v) is 5.03. The van der Waals surface area contributed by atoms with Crippen molar-refractivity contribution >= 4 is 5.91 Å². The van der Waals surface area contributed by atoms with Crippen LogP contribution in [0.25, 0.3) is 0 Å². The molecule has 110 valence electrons. The minimum Gasteiger partial charge on any atom is -0.493 e. The van der Waals surface area contributed by atoms with Crippen molar-refractivity contribution in [3.8, 4) is 11.5 Å². The lowest BCUT2D eigenvalue weighted by atomic mass is 10.2. The SMILES string of the molecule is COc1ccc(CNCC(=O)N(C)C2CC2)cc1OC. The van der Waals surface area contributed by atoms with Gasteiger partial charge in [0.05, 0.1) is 20.8 Å². The van der Waals surface area contributed by atoms with Crippen LogP contribution in [-0.2, 0) is 11.3 Å². The zero-order chi connectivity index (χ0) is 14.5. The van der Waals surface area contributed by atoms with Gasteiger partial charge in [-0.3, -0.25) is 4.79 Å². The van der Waals surface area contributed by atoms with Crippen LogP contribution in [0.2, 0.25) is 0 Å². The topological polar surface area (TPSA) is 50.8 Å². The van der Waals surface area contributed by atoms with Gasteiger partial charge < -0.3 is 19.7 Å². The summed E-state index contributed by atoms with van der Waals surface area (Å²) < 4.78 is 10.4. The molecule has 1 fully saturated rings. The molecule has 1 N–H and O–H groups in total. The molecule has 0 radical (unpaired) electrons. The number of nitrogens with zero attached hydrogens (tertiary/aromatic N) is 1. The monoisotopic (exact) mass is 278 g/mol. The van der Waals surface area contributed by atoms with Crippen LogP contribution in [0.5, 0.6) is 11.5 Å². The normalized spacial score (nSPS) is 13.9. The smallest absolute Gasteiger partial charge is 0.236 e. The van der Waals surface area contributed by atoms with Crippen LogP contribution in [-0.4, -0.2) is 44.7 Å². The average molecular weight is 278 g/mol. The molecule has 1 aliphatic rings. The highest BCUT2D eigenvalue weighted by Crippen LogP contribution is 2.27. The van der Waals surface area contributed by atoms with Crippen molar-refractivity contribution in [2.24, 2.45) is 0 Å². The van der Waals surface area contributed by atoms with Gasteiger partial charge in [-0.2, -0.15) is 0 Å². The Kier molecular flexibility index (Phi) is 4.84. The van der Waals surface area contributed by atoms with Crippen molar-refractivity contribution in [3.05, 3.63) is 23.8 Å². The number of nitrogens with one attached hydrogen (secondary N) is 1. The van der Waals surface area contributed by atoms with Gasteiger partial charge in [0.1, 0.15) is 0 Å². The molecular formula is C15H22N2O3. The number of methoxy groups -OCH3 is 2. The highest BCUT2D eigenvalue weighted by Gasteiger charge is 2.28. The summed E-state index contributed by atoms with van der Waals surface area (Å²) in [5.74, 6) is 1.56. The molecule has 2 rings (SSSR count). The molecule has 0 heterocycles. The molecule has 1 aromatic rings. The Morgan fingerprint density at radius 2 is 2.00 bits per heavy atom. The number of hydrogen-bond acceptors (Lipinski definition) is 4. The number of carbonyl (C=O) groups excluding carboxylic acids is 1. The molecule has 0 aromatic heterocycles. The van der Waals surface area contributed by atoms with E-state index in [9.17, 15) is 4.79 Å². The summed E-state index contributed by atoms with van der Waals surface area (Å²) in [4.78, 5) is 13.7. The number of rotatable bonds is 7. The first-order valence-electron chi connectivity index (χ1n) is 6.83. The zero-order valence-electron chi connectivity index (χ0n) is 12.3. The fraction of sp³-hybridized carbons (Fsp3) is 0.533. The van der Waals surface area contributed by atoms with Crippen molar-refractivity contribution in [3.63, 3.8) is 0 Å². The molecule has 5 heteroatoms. The minimum absolute atomic E-state index is 0.146. The first-order chi connectivity index (χ1) is 9.65. The maximum atomic E-state index is 11.9. The van der Waals surface area contributed by atoms with Crippen LogP contribution in [0.15, 0.2) is 18.2 Å². The van der Waals surface area contributed by atoms with Gasteiger partial charge in [0, 0.05) is 19.6 Å². The third-order valence-corrected chi connectivity index (χ3v) is 3.54. The average Bonchev–Trinajstić information content (AvgIpc) is 3.30. The third kappa shape index (κ3) is 3.63. The largest absolute Gasteiger partial charge is 0.493 e. The summed E-state index contributed by atoms with van der Waals surface area (Å²) in [5.41, 5.74) is 1.06. The fourth-order valence-electron chi connectivity index (χ4n) is 2.09. The van der Waals surface area contributed by atoms with Gasteiger partial charge in [0.2, 0.25) is 5.91 Å². The minimum atomic E-state index is 0.146. The zero-order valence-corrected chi connectivity index (χ0v) is 12.3. The molecule has 5 nitrogen and oxygen atoms in total. The molecule has 0 spiro atoms. The van der Waals surface area contributed by atoms with Crippen LogP contribution in [0.1, 0.15) is 18.4 Å². The molecule has 1 aliphatic carbocycles. The summed E-state index contributed by atoms with van der Waals surface area (Å²) >= 11 is 0. The Labute approximate surface area is 119 Å². The van der Waals surface area contributed by atoms with E-state index in [1.165, 1.54) is 0 Å². The number of benzene rings is 1. The van der Waals surface area contributed by atoms with Gasteiger partial charge in [-0.1, -0.05) is 6.07 Å². The number of carbonyl (C=O) groups is 1. The van der Waals surface area contributed by atoms with Crippen LogP contribution in [0.4, 0.5) is 0 Å². The second kappa shape index (κ2) is 6.61. The van der Waals surface area contributed by atoms with Crippen molar-refractivity contribution in [1.82, 2.24) is 10.2 Å². The van der Waals surface area contributed by atoms with Crippen LogP contribution >= 0.6 is 0 Å².